The summed E-state index contributed by atoms with van der Waals surface area (Å²) in [6, 6.07) is 6.00. The first-order valence-corrected chi connectivity index (χ1v) is 7.90. The number of carbonyl (C=O) groups excluding carboxylic acids is 1. The predicted octanol–water partition coefficient (Wildman–Crippen LogP) is 2.31. The number of nitrogens with two attached hydrogens (primary N) is 1. The van der Waals surface area contributed by atoms with Crippen molar-refractivity contribution in [3.63, 3.8) is 0 Å². The van der Waals surface area contributed by atoms with E-state index in [0.717, 1.165) is 24.2 Å². The third-order valence-corrected chi connectivity index (χ3v) is 4.89. The highest BCUT2D eigenvalue weighted by Gasteiger charge is 2.28. The van der Waals surface area contributed by atoms with E-state index < -0.39 is 0 Å². The van der Waals surface area contributed by atoms with E-state index in [1.54, 1.807) is 18.9 Å². The Balaban J connectivity index is 2.02. The fourth-order valence-electron chi connectivity index (χ4n) is 2.48. The van der Waals surface area contributed by atoms with Gasteiger partial charge in [0.25, 0.3) is 0 Å². The molecule has 1 aliphatic carbocycles. The molecule has 2 unspecified atom stereocenters. The van der Waals surface area contributed by atoms with Crippen molar-refractivity contribution in [2.45, 2.75) is 31.1 Å². The number of methoxy groups -OCH3 is 1. The van der Waals surface area contributed by atoms with Gasteiger partial charge in [-0.2, -0.15) is 0 Å². The highest BCUT2D eigenvalue weighted by molar-refractivity contribution is 8.00. The number of hydrogen-bond donors (Lipinski definition) is 1. The Labute approximate surface area is 124 Å². The maximum Gasteiger partial charge on any atom is 0.315 e. The fraction of sp³-hybridized carbons (Fsp3) is 0.533. The molecule has 2 rings (SSSR count). The molecule has 0 aliphatic heterocycles. The second-order valence-corrected chi connectivity index (χ2v) is 6.01. The molecule has 20 heavy (non-hydrogen) atoms. The summed E-state index contributed by atoms with van der Waals surface area (Å²) in [5.74, 6) is 1.03. The van der Waals surface area contributed by atoms with Gasteiger partial charge in [0.15, 0.2) is 0 Å². The summed E-state index contributed by atoms with van der Waals surface area (Å²) in [5, 5.41) is 0.249. The van der Waals surface area contributed by atoms with E-state index in [1.165, 1.54) is 5.56 Å². The van der Waals surface area contributed by atoms with Gasteiger partial charge in [-0.15, -0.1) is 11.8 Å². The summed E-state index contributed by atoms with van der Waals surface area (Å²) in [6.45, 7) is 2.24. The van der Waals surface area contributed by atoms with Crippen molar-refractivity contribution in [2.24, 2.45) is 5.73 Å². The number of thioether (sulfide) groups is 1. The third-order valence-electron chi connectivity index (χ3n) is 3.53. The Hall–Kier alpha value is -1.20. The largest absolute Gasteiger partial charge is 0.497 e. The number of carbonyl (C=O) groups is 1. The van der Waals surface area contributed by atoms with Crippen molar-refractivity contribution in [1.82, 2.24) is 0 Å². The van der Waals surface area contributed by atoms with E-state index in [9.17, 15) is 4.79 Å². The fourth-order valence-corrected chi connectivity index (χ4v) is 3.55. The SMILES string of the molecule is CCOC(=O)CSC1CCc2ccc(OC)cc2C1N. The number of hydrogen-bond acceptors (Lipinski definition) is 5. The van der Waals surface area contributed by atoms with Gasteiger partial charge in [0.1, 0.15) is 5.75 Å². The summed E-state index contributed by atoms with van der Waals surface area (Å²) in [7, 11) is 1.66. The van der Waals surface area contributed by atoms with Crippen LogP contribution in [-0.2, 0) is 16.0 Å². The van der Waals surface area contributed by atoms with Crippen LogP contribution < -0.4 is 10.5 Å². The summed E-state index contributed by atoms with van der Waals surface area (Å²) in [4.78, 5) is 11.4. The maximum absolute atomic E-state index is 11.4. The van der Waals surface area contributed by atoms with Crippen molar-refractivity contribution < 1.29 is 14.3 Å². The van der Waals surface area contributed by atoms with Gasteiger partial charge in [-0.05, 0) is 43.0 Å². The van der Waals surface area contributed by atoms with Crippen molar-refractivity contribution >= 4 is 17.7 Å². The van der Waals surface area contributed by atoms with Gasteiger partial charge in [0.05, 0.1) is 19.5 Å². The molecule has 1 aliphatic rings. The Morgan fingerprint density at radius 1 is 1.50 bits per heavy atom. The second-order valence-electron chi connectivity index (χ2n) is 4.78. The topological polar surface area (TPSA) is 61.5 Å². The lowest BCUT2D eigenvalue weighted by Crippen LogP contribution is -2.30. The Kier molecular flexibility index (Phi) is 5.31. The van der Waals surface area contributed by atoms with Crippen LogP contribution in [0.25, 0.3) is 0 Å². The summed E-state index contributed by atoms with van der Waals surface area (Å²) in [5.41, 5.74) is 8.77. The highest BCUT2D eigenvalue weighted by atomic mass is 32.2. The molecule has 0 heterocycles. The van der Waals surface area contributed by atoms with Crippen molar-refractivity contribution in [1.29, 1.82) is 0 Å². The van der Waals surface area contributed by atoms with Gasteiger partial charge in [-0.3, -0.25) is 4.79 Å². The molecular weight excluding hydrogens is 274 g/mol. The average Bonchev–Trinajstić information content (AvgIpc) is 2.46. The second kappa shape index (κ2) is 6.99. The van der Waals surface area contributed by atoms with Crippen LogP contribution in [0.2, 0.25) is 0 Å². The van der Waals surface area contributed by atoms with Crippen LogP contribution in [0, 0.1) is 0 Å². The molecule has 0 fully saturated rings. The number of aryl methyl sites for hydroxylation is 1. The molecule has 0 bridgehead atoms. The molecule has 1 aromatic rings. The quantitative estimate of drug-likeness (QED) is 0.845. The van der Waals surface area contributed by atoms with Crippen LogP contribution in [0.3, 0.4) is 0 Å². The Morgan fingerprint density at radius 2 is 2.30 bits per heavy atom. The molecule has 0 aromatic heterocycles. The van der Waals surface area contributed by atoms with Crippen molar-refractivity contribution in [2.75, 3.05) is 19.5 Å². The molecule has 2 N–H and O–H groups in total. The minimum atomic E-state index is -0.166. The zero-order valence-corrected chi connectivity index (χ0v) is 12.7. The maximum atomic E-state index is 11.4. The predicted molar refractivity (Wildman–Crippen MR) is 81.1 cm³/mol. The minimum absolute atomic E-state index is 0.0618. The van der Waals surface area contributed by atoms with E-state index in [-0.39, 0.29) is 17.3 Å². The first-order valence-electron chi connectivity index (χ1n) is 6.85. The monoisotopic (exact) mass is 295 g/mol. The first kappa shape index (κ1) is 15.2. The van der Waals surface area contributed by atoms with Crippen molar-refractivity contribution in [3.05, 3.63) is 29.3 Å². The molecule has 0 saturated heterocycles. The smallest absolute Gasteiger partial charge is 0.315 e. The lowest BCUT2D eigenvalue weighted by atomic mass is 9.87. The summed E-state index contributed by atoms with van der Waals surface area (Å²) >= 11 is 1.59. The van der Waals surface area contributed by atoms with Crippen LogP contribution >= 0.6 is 11.8 Å². The zero-order valence-electron chi connectivity index (χ0n) is 11.9. The lowest BCUT2D eigenvalue weighted by molar-refractivity contribution is -0.139. The first-order chi connectivity index (χ1) is 9.65. The summed E-state index contributed by atoms with van der Waals surface area (Å²) < 4.78 is 10.2. The molecule has 5 heteroatoms. The van der Waals surface area contributed by atoms with Crippen LogP contribution in [0.1, 0.15) is 30.5 Å². The van der Waals surface area contributed by atoms with E-state index >= 15 is 0 Å². The molecule has 110 valence electrons. The number of rotatable bonds is 5. The normalized spacial score (nSPS) is 21.1. The molecule has 1 aromatic carbocycles. The van der Waals surface area contributed by atoms with Gasteiger partial charge < -0.3 is 15.2 Å². The number of benzene rings is 1. The van der Waals surface area contributed by atoms with Crippen molar-refractivity contribution in [3.8, 4) is 5.75 Å². The van der Waals surface area contributed by atoms with E-state index in [0.29, 0.717) is 12.4 Å². The van der Waals surface area contributed by atoms with Gasteiger partial charge in [-0.25, -0.2) is 0 Å². The van der Waals surface area contributed by atoms with Gasteiger partial charge in [-0.1, -0.05) is 6.07 Å². The minimum Gasteiger partial charge on any atom is -0.497 e. The van der Waals surface area contributed by atoms with Gasteiger partial charge >= 0.3 is 5.97 Å². The lowest BCUT2D eigenvalue weighted by Gasteiger charge is -2.30. The standard InChI is InChI=1S/C15H21NO3S/c1-3-19-14(17)9-20-13-7-5-10-4-6-11(18-2)8-12(10)15(13)16/h4,6,8,13,15H,3,5,7,9,16H2,1-2H3. The van der Waals surface area contributed by atoms with Gasteiger partial charge in [0.2, 0.25) is 0 Å². The molecule has 0 amide bonds. The summed E-state index contributed by atoms with van der Waals surface area (Å²) in [6.07, 6.45) is 1.98. The van der Waals surface area contributed by atoms with E-state index in [2.05, 4.69) is 6.07 Å². The number of ether oxygens (including phenoxy) is 2. The Morgan fingerprint density at radius 3 is 3.00 bits per heavy atom. The highest BCUT2D eigenvalue weighted by Crippen LogP contribution is 2.37. The van der Waals surface area contributed by atoms with E-state index in [1.807, 2.05) is 19.1 Å². The van der Waals surface area contributed by atoms with Crippen LogP contribution in [-0.4, -0.2) is 30.7 Å². The number of fused-ring (bicyclic) bond motifs is 1. The molecule has 0 spiro atoms. The van der Waals surface area contributed by atoms with E-state index in [4.69, 9.17) is 15.2 Å². The molecule has 0 radical (unpaired) electrons. The van der Waals surface area contributed by atoms with Crippen LogP contribution in [0.15, 0.2) is 18.2 Å². The average molecular weight is 295 g/mol. The van der Waals surface area contributed by atoms with Crippen LogP contribution in [0.4, 0.5) is 0 Å². The molecule has 0 saturated carbocycles. The molecule has 2 atom stereocenters. The molecule has 4 nitrogen and oxygen atoms in total. The third kappa shape index (κ3) is 3.46. The molecular formula is C15H21NO3S. The Bertz CT molecular complexity index is 478. The number of esters is 1. The van der Waals surface area contributed by atoms with Gasteiger partial charge in [0, 0.05) is 11.3 Å². The zero-order chi connectivity index (χ0) is 14.5. The van der Waals surface area contributed by atoms with Crippen LogP contribution in [0.5, 0.6) is 5.75 Å².